The molecule has 0 bridgehead atoms. The maximum atomic E-state index is 5.46. The Bertz CT molecular complexity index is 451. The van der Waals surface area contributed by atoms with E-state index in [1.807, 2.05) is 12.1 Å². The third-order valence-corrected chi connectivity index (χ3v) is 3.97. The summed E-state index contributed by atoms with van der Waals surface area (Å²) in [5, 5.41) is 0. The van der Waals surface area contributed by atoms with Crippen molar-refractivity contribution in [3.63, 3.8) is 0 Å². The lowest BCUT2D eigenvalue weighted by molar-refractivity contribution is 0.139. The highest BCUT2D eigenvalue weighted by Gasteiger charge is 2.26. The van der Waals surface area contributed by atoms with E-state index in [4.69, 9.17) is 11.2 Å². The van der Waals surface area contributed by atoms with E-state index in [1.54, 1.807) is 6.20 Å². The van der Waals surface area contributed by atoms with Gasteiger partial charge in [-0.25, -0.2) is 4.98 Å². The molecule has 0 aromatic carbocycles. The van der Waals surface area contributed by atoms with Crippen LogP contribution in [0.25, 0.3) is 0 Å². The molecule has 4 heteroatoms. The molecule has 19 heavy (non-hydrogen) atoms. The zero-order valence-corrected chi connectivity index (χ0v) is 11.1. The van der Waals surface area contributed by atoms with Crippen molar-refractivity contribution in [1.82, 2.24) is 9.88 Å². The van der Waals surface area contributed by atoms with Gasteiger partial charge in [-0.2, -0.15) is 0 Å². The summed E-state index contributed by atoms with van der Waals surface area (Å²) in [6, 6.07) is 4.60. The van der Waals surface area contributed by atoms with Crippen LogP contribution in [-0.4, -0.2) is 55.3 Å². The lowest BCUT2D eigenvalue weighted by Gasteiger charge is -2.38. The molecule has 2 aliphatic heterocycles. The molecule has 0 spiro atoms. The molecule has 3 rings (SSSR count). The largest absolute Gasteiger partial charge is 0.380 e. The van der Waals surface area contributed by atoms with Gasteiger partial charge >= 0.3 is 0 Å². The number of hydrogen-bond donors (Lipinski definition) is 0. The minimum Gasteiger partial charge on any atom is -0.380 e. The van der Waals surface area contributed by atoms with E-state index in [-0.39, 0.29) is 0 Å². The zero-order chi connectivity index (χ0) is 13.1. The first-order valence-corrected chi connectivity index (χ1v) is 6.86. The van der Waals surface area contributed by atoms with Gasteiger partial charge in [-0.05, 0) is 18.6 Å². The maximum Gasteiger partial charge on any atom is 0.128 e. The summed E-state index contributed by atoms with van der Waals surface area (Å²) >= 11 is 0. The molecule has 2 aliphatic rings. The van der Waals surface area contributed by atoms with E-state index < -0.39 is 0 Å². The SMILES string of the molecule is C#Cc1ccc(N2CCN(C3CCOC3)CC2)nc1. The standard InChI is InChI=1S/C15H19N3O/c1-2-13-3-4-15(16-11-13)18-8-6-17(7-9-18)14-5-10-19-12-14/h1,3-4,11,14H,5-10,12H2. The Morgan fingerprint density at radius 2 is 2.11 bits per heavy atom. The number of ether oxygens (including phenoxy) is 1. The monoisotopic (exact) mass is 257 g/mol. The Labute approximate surface area is 114 Å². The lowest BCUT2D eigenvalue weighted by atomic mass is 10.2. The molecular formula is C15H19N3O. The molecule has 0 radical (unpaired) electrons. The molecule has 0 N–H and O–H groups in total. The second kappa shape index (κ2) is 5.60. The number of rotatable bonds is 2. The second-order valence-electron chi connectivity index (χ2n) is 5.09. The van der Waals surface area contributed by atoms with Crippen LogP contribution in [0.3, 0.4) is 0 Å². The number of pyridine rings is 1. The number of nitrogens with zero attached hydrogens (tertiary/aromatic N) is 3. The van der Waals surface area contributed by atoms with Crippen molar-refractivity contribution in [2.24, 2.45) is 0 Å². The van der Waals surface area contributed by atoms with E-state index in [0.29, 0.717) is 6.04 Å². The van der Waals surface area contributed by atoms with Gasteiger partial charge in [0.15, 0.2) is 0 Å². The van der Waals surface area contributed by atoms with Crippen molar-refractivity contribution in [2.45, 2.75) is 12.5 Å². The van der Waals surface area contributed by atoms with Crippen LogP contribution in [0, 0.1) is 12.3 Å². The number of terminal acetylenes is 1. The summed E-state index contributed by atoms with van der Waals surface area (Å²) < 4.78 is 5.46. The van der Waals surface area contributed by atoms with Gasteiger partial charge in [-0.1, -0.05) is 5.92 Å². The Morgan fingerprint density at radius 1 is 1.26 bits per heavy atom. The molecule has 1 atom stereocenters. The van der Waals surface area contributed by atoms with E-state index >= 15 is 0 Å². The van der Waals surface area contributed by atoms with Crippen LogP contribution in [0.1, 0.15) is 12.0 Å². The molecule has 0 amide bonds. The molecule has 0 saturated carbocycles. The third kappa shape index (κ3) is 2.73. The number of hydrogen-bond acceptors (Lipinski definition) is 4. The Hall–Kier alpha value is -1.57. The molecule has 100 valence electrons. The average molecular weight is 257 g/mol. The quantitative estimate of drug-likeness (QED) is 0.738. The van der Waals surface area contributed by atoms with Gasteiger partial charge in [0, 0.05) is 50.6 Å². The molecule has 1 unspecified atom stereocenters. The van der Waals surface area contributed by atoms with Crippen LogP contribution in [0.2, 0.25) is 0 Å². The number of aromatic nitrogens is 1. The zero-order valence-electron chi connectivity index (χ0n) is 11.1. The summed E-state index contributed by atoms with van der Waals surface area (Å²) in [5.74, 6) is 3.63. The first kappa shape index (κ1) is 12.5. The van der Waals surface area contributed by atoms with Gasteiger partial charge in [0.05, 0.1) is 6.61 Å². The smallest absolute Gasteiger partial charge is 0.128 e. The third-order valence-electron chi connectivity index (χ3n) is 3.97. The maximum absolute atomic E-state index is 5.46. The van der Waals surface area contributed by atoms with Crippen LogP contribution in [0.5, 0.6) is 0 Å². The molecule has 4 nitrogen and oxygen atoms in total. The van der Waals surface area contributed by atoms with Gasteiger partial charge in [-0.15, -0.1) is 6.42 Å². The summed E-state index contributed by atoms with van der Waals surface area (Å²) in [7, 11) is 0. The first-order valence-electron chi connectivity index (χ1n) is 6.86. The molecule has 2 fully saturated rings. The second-order valence-corrected chi connectivity index (χ2v) is 5.09. The Kier molecular flexibility index (Phi) is 3.67. The van der Waals surface area contributed by atoms with Crippen molar-refractivity contribution < 1.29 is 4.74 Å². The summed E-state index contributed by atoms with van der Waals surface area (Å²) in [6.45, 7) is 6.05. The highest BCUT2D eigenvalue weighted by Crippen LogP contribution is 2.18. The van der Waals surface area contributed by atoms with Crippen LogP contribution in [0.4, 0.5) is 5.82 Å². The van der Waals surface area contributed by atoms with Crippen molar-refractivity contribution >= 4 is 5.82 Å². The number of anilines is 1. The van der Waals surface area contributed by atoms with Crippen LogP contribution >= 0.6 is 0 Å². The highest BCUT2D eigenvalue weighted by atomic mass is 16.5. The molecule has 3 heterocycles. The normalized spacial score (nSPS) is 24.4. The summed E-state index contributed by atoms with van der Waals surface area (Å²) in [6.07, 6.45) is 8.29. The Balaban J connectivity index is 1.58. The van der Waals surface area contributed by atoms with Crippen LogP contribution < -0.4 is 4.90 Å². The van der Waals surface area contributed by atoms with Crippen LogP contribution in [-0.2, 0) is 4.74 Å². The van der Waals surface area contributed by atoms with Gasteiger partial charge in [0.2, 0.25) is 0 Å². The van der Waals surface area contributed by atoms with Crippen molar-refractivity contribution in [1.29, 1.82) is 0 Å². The van der Waals surface area contributed by atoms with Gasteiger partial charge in [-0.3, -0.25) is 4.90 Å². The van der Waals surface area contributed by atoms with E-state index in [1.165, 1.54) is 6.42 Å². The first-order chi connectivity index (χ1) is 9.36. The van der Waals surface area contributed by atoms with E-state index in [9.17, 15) is 0 Å². The van der Waals surface area contributed by atoms with Gasteiger partial charge in [0.1, 0.15) is 5.82 Å². The minimum atomic E-state index is 0.624. The van der Waals surface area contributed by atoms with E-state index in [2.05, 4.69) is 20.7 Å². The summed E-state index contributed by atoms with van der Waals surface area (Å²) in [5.41, 5.74) is 0.838. The average Bonchev–Trinajstić information content (AvgIpc) is 3.02. The van der Waals surface area contributed by atoms with Crippen molar-refractivity contribution in [3.8, 4) is 12.3 Å². The fraction of sp³-hybridized carbons (Fsp3) is 0.533. The van der Waals surface area contributed by atoms with Crippen molar-refractivity contribution in [3.05, 3.63) is 23.9 Å². The molecule has 1 aromatic rings. The predicted octanol–water partition coefficient (Wildman–Crippen LogP) is 0.974. The fourth-order valence-electron chi connectivity index (χ4n) is 2.78. The molecule has 2 saturated heterocycles. The minimum absolute atomic E-state index is 0.624. The van der Waals surface area contributed by atoms with Crippen LogP contribution in [0.15, 0.2) is 18.3 Å². The molecule has 1 aromatic heterocycles. The summed E-state index contributed by atoms with van der Waals surface area (Å²) in [4.78, 5) is 9.30. The van der Waals surface area contributed by atoms with Gasteiger partial charge in [0.25, 0.3) is 0 Å². The van der Waals surface area contributed by atoms with Crippen molar-refractivity contribution in [2.75, 3.05) is 44.3 Å². The fourth-order valence-corrected chi connectivity index (χ4v) is 2.78. The van der Waals surface area contributed by atoms with Gasteiger partial charge < -0.3 is 9.64 Å². The molecular weight excluding hydrogens is 238 g/mol. The predicted molar refractivity (Wildman–Crippen MR) is 75.2 cm³/mol. The number of piperazine rings is 1. The molecule has 0 aliphatic carbocycles. The van der Waals surface area contributed by atoms with E-state index in [0.717, 1.165) is 50.8 Å². The lowest BCUT2D eigenvalue weighted by Crippen LogP contribution is -2.50. The highest BCUT2D eigenvalue weighted by molar-refractivity contribution is 5.43. The Morgan fingerprint density at radius 3 is 2.68 bits per heavy atom. The topological polar surface area (TPSA) is 28.6 Å².